The molecule has 1 atom stereocenters. The highest BCUT2D eigenvalue weighted by Crippen LogP contribution is 2.04. The highest BCUT2D eigenvalue weighted by Gasteiger charge is 2.09. The van der Waals surface area contributed by atoms with Crippen molar-refractivity contribution < 1.29 is 4.74 Å². The maximum absolute atomic E-state index is 4.94. The minimum Gasteiger partial charge on any atom is -0.497 e. The van der Waals surface area contributed by atoms with E-state index >= 15 is 0 Å². The van der Waals surface area contributed by atoms with E-state index in [1.165, 1.54) is 6.26 Å². The minimum absolute atomic E-state index is 0.457. The lowest BCUT2D eigenvalue weighted by atomic mass is 10.4. The molecule has 0 bridgehead atoms. The standard InChI is InChI=1S/C6H9OSi/c1-4-6(3,8)7-5-2/h4-5H,1-2H2,3H3. The molecule has 0 fully saturated rings. The Morgan fingerprint density at radius 1 is 1.62 bits per heavy atom. The highest BCUT2D eigenvalue weighted by atomic mass is 28.1. The summed E-state index contributed by atoms with van der Waals surface area (Å²) in [5.74, 6) is 0. The molecular weight excluding hydrogens is 116 g/mol. The van der Waals surface area contributed by atoms with Gasteiger partial charge in [-0.1, -0.05) is 19.2 Å². The van der Waals surface area contributed by atoms with Crippen molar-refractivity contribution in [3.63, 3.8) is 0 Å². The molecule has 3 radical (unpaired) electrons. The van der Waals surface area contributed by atoms with Crippen molar-refractivity contribution in [2.75, 3.05) is 0 Å². The van der Waals surface area contributed by atoms with Crippen molar-refractivity contribution in [3.05, 3.63) is 25.5 Å². The van der Waals surface area contributed by atoms with Crippen LogP contribution >= 0.6 is 0 Å². The van der Waals surface area contributed by atoms with Crippen LogP contribution in [0.25, 0.3) is 0 Å². The second-order valence-corrected chi connectivity index (χ2v) is 2.59. The summed E-state index contributed by atoms with van der Waals surface area (Å²) in [7, 11) is 3.28. The van der Waals surface area contributed by atoms with Gasteiger partial charge in [0.15, 0.2) is 0 Å². The zero-order valence-corrected chi connectivity index (χ0v) is 5.98. The van der Waals surface area contributed by atoms with Gasteiger partial charge in [-0.2, -0.15) is 0 Å². The molecule has 1 nitrogen and oxygen atoms in total. The fourth-order valence-electron chi connectivity index (χ4n) is 0.221. The summed E-state index contributed by atoms with van der Waals surface area (Å²) in [4.78, 5) is 0. The Morgan fingerprint density at radius 3 is 2.25 bits per heavy atom. The molecule has 0 aromatic heterocycles. The van der Waals surface area contributed by atoms with Crippen molar-refractivity contribution in [1.29, 1.82) is 0 Å². The van der Waals surface area contributed by atoms with Crippen LogP contribution in [0.1, 0.15) is 6.92 Å². The monoisotopic (exact) mass is 125 g/mol. The maximum Gasteiger partial charge on any atom is 0.103 e. The quantitative estimate of drug-likeness (QED) is 0.313. The van der Waals surface area contributed by atoms with Gasteiger partial charge in [0.25, 0.3) is 0 Å². The molecule has 0 rings (SSSR count). The maximum atomic E-state index is 4.94. The van der Waals surface area contributed by atoms with Gasteiger partial charge in [0.1, 0.15) is 5.22 Å². The van der Waals surface area contributed by atoms with Crippen LogP contribution in [0.2, 0.25) is 0 Å². The molecule has 2 heteroatoms. The van der Waals surface area contributed by atoms with Crippen LogP contribution in [0.3, 0.4) is 0 Å². The first-order valence-electron chi connectivity index (χ1n) is 2.29. The van der Waals surface area contributed by atoms with Crippen LogP contribution in [-0.4, -0.2) is 15.5 Å². The van der Waals surface area contributed by atoms with Gasteiger partial charge in [0.2, 0.25) is 0 Å². The van der Waals surface area contributed by atoms with Gasteiger partial charge >= 0.3 is 0 Å². The van der Waals surface area contributed by atoms with Crippen LogP contribution in [0, 0.1) is 0 Å². The summed E-state index contributed by atoms with van der Waals surface area (Å²) in [6.45, 7) is 8.75. The molecular formula is C6H9OSi. The van der Waals surface area contributed by atoms with E-state index < -0.39 is 5.22 Å². The lowest BCUT2D eigenvalue weighted by molar-refractivity contribution is 0.166. The predicted octanol–water partition coefficient (Wildman–Crippen LogP) is 1.22. The summed E-state index contributed by atoms with van der Waals surface area (Å²) >= 11 is 0. The average Bonchev–Trinajstić information content (AvgIpc) is 1.67. The van der Waals surface area contributed by atoms with E-state index in [0.717, 1.165) is 0 Å². The largest absolute Gasteiger partial charge is 0.497 e. The van der Waals surface area contributed by atoms with E-state index in [9.17, 15) is 0 Å². The lowest BCUT2D eigenvalue weighted by Gasteiger charge is -2.18. The molecule has 0 amide bonds. The third-order valence-electron chi connectivity index (χ3n) is 0.718. The fourth-order valence-corrected chi connectivity index (χ4v) is 0.305. The molecule has 0 aliphatic rings. The van der Waals surface area contributed by atoms with Crippen molar-refractivity contribution in [1.82, 2.24) is 0 Å². The van der Waals surface area contributed by atoms with Crippen molar-refractivity contribution in [3.8, 4) is 0 Å². The van der Waals surface area contributed by atoms with Gasteiger partial charge in [-0.15, -0.1) is 0 Å². The van der Waals surface area contributed by atoms with Gasteiger partial charge in [0, 0.05) is 0 Å². The molecule has 8 heavy (non-hydrogen) atoms. The fraction of sp³-hybridized carbons (Fsp3) is 0.333. The Bertz CT molecular complexity index is 96.7. The topological polar surface area (TPSA) is 9.23 Å². The highest BCUT2D eigenvalue weighted by molar-refractivity contribution is 6.15. The van der Waals surface area contributed by atoms with Crippen LogP contribution in [0.4, 0.5) is 0 Å². The molecule has 0 aromatic rings. The van der Waals surface area contributed by atoms with Gasteiger partial charge in [-0.3, -0.25) is 0 Å². The van der Waals surface area contributed by atoms with Crippen LogP contribution in [0.5, 0.6) is 0 Å². The number of ether oxygens (including phenoxy) is 1. The SMILES string of the molecule is C=COC(C)([Si])C=C. The first kappa shape index (κ1) is 7.50. The normalized spacial score (nSPS) is 16.2. The van der Waals surface area contributed by atoms with Gasteiger partial charge < -0.3 is 4.74 Å². The third-order valence-corrected chi connectivity index (χ3v) is 1.04. The molecule has 0 aliphatic heterocycles. The molecule has 0 saturated heterocycles. The van der Waals surface area contributed by atoms with E-state index in [1.807, 2.05) is 6.92 Å². The third kappa shape index (κ3) is 2.63. The second kappa shape index (κ2) is 2.72. The molecule has 0 spiro atoms. The molecule has 0 aliphatic carbocycles. The molecule has 43 valence electrons. The number of hydrogen-bond acceptors (Lipinski definition) is 1. The van der Waals surface area contributed by atoms with Gasteiger partial charge in [-0.25, -0.2) is 0 Å². The van der Waals surface area contributed by atoms with E-state index in [2.05, 4.69) is 23.4 Å². The van der Waals surface area contributed by atoms with Crippen molar-refractivity contribution in [2.24, 2.45) is 0 Å². The number of hydrogen-bond donors (Lipinski definition) is 0. The molecule has 0 saturated carbocycles. The van der Waals surface area contributed by atoms with E-state index in [1.54, 1.807) is 6.08 Å². The summed E-state index contributed by atoms with van der Waals surface area (Å²) in [5, 5.41) is -0.457. The molecule has 0 heterocycles. The predicted molar refractivity (Wildman–Crippen MR) is 35.6 cm³/mol. The van der Waals surface area contributed by atoms with E-state index in [4.69, 9.17) is 4.74 Å². The Balaban J connectivity index is 3.70. The van der Waals surface area contributed by atoms with E-state index in [0.29, 0.717) is 0 Å². The number of rotatable bonds is 3. The lowest BCUT2D eigenvalue weighted by Crippen LogP contribution is -2.22. The van der Waals surface area contributed by atoms with Crippen LogP contribution < -0.4 is 0 Å². The average molecular weight is 125 g/mol. The molecule has 0 aromatic carbocycles. The Morgan fingerprint density at radius 2 is 2.12 bits per heavy atom. The van der Waals surface area contributed by atoms with Crippen LogP contribution in [0.15, 0.2) is 25.5 Å². The zero-order chi connectivity index (χ0) is 6.62. The van der Waals surface area contributed by atoms with Crippen molar-refractivity contribution >= 4 is 10.2 Å². The summed E-state index contributed by atoms with van der Waals surface area (Å²) in [6.07, 6.45) is 3.01. The van der Waals surface area contributed by atoms with Gasteiger partial charge in [-0.05, 0) is 6.92 Å². The Kier molecular flexibility index (Phi) is 2.55. The molecule has 0 N–H and O–H groups in total. The van der Waals surface area contributed by atoms with E-state index in [-0.39, 0.29) is 0 Å². The summed E-state index contributed by atoms with van der Waals surface area (Å²) in [5.41, 5.74) is 0. The van der Waals surface area contributed by atoms with Crippen molar-refractivity contribution in [2.45, 2.75) is 12.1 Å². The Labute approximate surface area is 53.5 Å². The molecule has 1 unspecified atom stereocenters. The first-order chi connectivity index (χ1) is 3.62. The van der Waals surface area contributed by atoms with Crippen LogP contribution in [-0.2, 0) is 4.74 Å². The summed E-state index contributed by atoms with van der Waals surface area (Å²) in [6, 6.07) is 0. The zero-order valence-electron chi connectivity index (χ0n) is 4.98. The Hall–Kier alpha value is -0.503. The summed E-state index contributed by atoms with van der Waals surface area (Å²) < 4.78 is 4.94. The van der Waals surface area contributed by atoms with Gasteiger partial charge in [0.05, 0.1) is 16.5 Å². The first-order valence-corrected chi connectivity index (χ1v) is 2.79. The minimum atomic E-state index is -0.457. The second-order valence-electron chi connectivity index (χ2n) is 1.60. The smallest absolute Gasteiger partial charge is 0.103 e.